The second kappa shape index (κ2) is 7.02. The SMILES string of the molecule is CCC(CC)N(CCO)C1CCCC(=O)C1. The minimum absolute atomic E-state index is 0.196. The maximum atomic E-state index is 11.5. The summed E-state index contributed by atoms with van der Waals surface area (Å²) in [7, 11) is 0. The van der Waals surface area contributed by atoms with Crippen LogP contribution in [0.4, 0.5) is 0 Å². The highest BCUT2D eigenvalue weighted by Gasteiger charge is 2.28. The third kappa shape index (κ3) is 3.56. The molecule has 0 heterocycles. The molecule has 3 heteroatoms. The number of rotatable bonds is 6. The van der Waals surface area contributed by atoms with Crippen LogP contribution in [-0.2, 0) is 4.79 Å². The summed E-state index contributed by atoms with van der Waals surface area (Å²) in [5.74, 6) is 0.394. The maximum Gasteiger partial charge on any atom is 0.134 e. The van der Waals surface area contributed by atoms with E-state index in [4.69, 9.17) is 5.11 Å². The Hall–Kier alpha value is -0.410. The van der Waals surface area contributed by atoms with Crippen LogP contribution in [0, 0.1) is 0 Å². The third-order valence-electron chi connectivity index (χ3n) is 3.69. The fourth-order valence-corrected chi connectivity index (χ4v) is 2.82. The average Bonchev–Trinajstić information content (AvgIpc) is 2.29. The summed E-state index contributed by atoms with van der Waals surface area (Å²) in [5.41, 5.74) is 0. The van der Waals surface area contributed by atoms with E-state index in [9.17, 15) is 4.79 Å². The van der Waals surface area contributed by atoms with E-state index in [1.807, 2.05) is 0 Å². The van der Waals surface area contributed by atoms with Crippen LogP contribution in [0.3, 0.4) is 0 Å². The van der Waals surface area contributed by atoms with Crippen LogP contribution < -0.4 is 0 Å². The molecule has 94 valence electrons. The molecule has 0 saturated heterocycles. The molecule has 0 radical (unpaired) electrons. The number of carbonyl (C=O) groups excluding carboxylic acids is 1. The maximum absolute atomic E-state index is 11.5. The molecule has 1 unspecified atom stereocenters. The van der Waals surface area contributed by atoms with Crippen molar-refractivity contribution in [2.75, 3.05) is 13.2 Å². The van der Waals surface area contributed by atoms with Gasteiger partial charge < -0.3 is 5.11 Å². The zero-order valence-electron chi connectivity index (χ0n) is 10.6. The van der Waals surface area contributed by atoms with Crippen LogP contribution in [0.25, 0.3) is 0 Å². The van der Waals surface area contributed by atoms with Gasteiger partial charge in [0, 0.05) is 31.5 Å². The van der Waals surface area contributed by atoms with Crippen LogP contribution in [0.2, 0.25) is 0 Å². The van der Waals surface area contributed by atoms with E-state index in [2.05, 4.69) is 18.7 Å². The Morgan fingerprint density at radius 1 is 1.44 bits per heavy atom. The van der Waals surface area contributed by atoms with Gasteiger partial charge in [-0.25, -0.2) is 0 Å². The van der Waals surface area contributed by atoms with Crippen molar-refractivity contribution in [3.8, 4) is 0 Å². The predicted molar refractivity (Wildman–Crippen MR) is 65.4 cm³/mol. The van der Waals surface area contributed by atoms with Gasteiger partial charge in [-0.05, 0) is 25.7 Å². The number of aliphatic hydroxyl groups is 1. The van der Waals surface area contributed by atoms with E-state index in [0.29, 0.717) is 30.8 Å². The lowest BCUT2D eigenvalue weighted by Gasteiger charge is -2.38. The first-order valence-corrected chi connectivity index (χ1v) is 6.61. The Morgan fingerprint density at radius 2 is 2.12 bits per heavy atom. The van der Waals surface area contributed by atoms with Crippen LogP contribution >= 0.6 is 0 Å². The van der Waals surface area contributed by atoms with Crippen molar-refractivity contribution >= 4 is 5.78 Å². The monoisotopic (exact) mass is 227 g/mol. The Morgan fingerprint density at radius 3 is 2.62 bits per heavy atom. The summed E-state index contributed by atoms with van der Waals surface area (Å²) >= 11 is 0. The van der Waals surface area contributed by atoms with Gasteiger partial charge in [-0.2, -0.15) is 0 Å². The minimum atomic E-state index is 0.196. The molecule has 1 aliphatic rings. The molecule has 0 aliphatic heterocycles. The smallest absolute Gasteiger partial charge is 0.134 e. The molecule has 0 amide bonds. The van der Waals surface area contributed by atoms with Gasteiger partial charge >= 0.3 is 0 Å². The Kier molecular flexibility index (Phi) is 5.99. The van der Waals surface area contributed by atoms with Gasteiger partial charge in [-0.15, -0.1) is 0 Å². The Bertz CT molecular complexity index is 214. The van der Waals surface area contributed by atoms with E-state index in [-0.39, 0.29) is 6.61 Å². The molecule has 1 saturated carbocycles. The topological polar surface area (TPSA) is 40.5 Å². The zero-order chi connectivity index (χ0) is 12.0. The quantitative estimate of drug-likeness (QED) is 0.754. The van der Waals surface area contributed by atoms with Crippen LogP contribution in [0.15, 0.2) is 0 Å². The predicted octanol–water partition coefficient (Wildman–Crippen LogP) is 1.98. The highest BCUT2D eigenvalue weighted by molar-refractivity contribution is 5.79. The molecular weight excluding hydrogens is 202 g/mol. The van der Waals surface area contributed by atoms with Crippen molar-refractivity contribution in [1.82, 2.24) is 4.90 Å². The number of nitrogens with zero attached hydrogens (tertiary/aromatic N) is 1. The molecule has 1 rings (SSSR count). The number of ketones is 1. The molecule has 0 bridgehead atoms. The standard InChI is InChI=1S/C13H25NO2/c1-3-11(4-2)14(8-9-15)12-6-5-7-13(16)10-12/h11-12,15H,3-10H2,1-2H3. The van der Waals surface area contributed by atoms with Crippen molar-refractivity contribution < 1.29 is 9.90 Å². The van der Waals surface area contributed by atoms with Crippen LogP contribution in [-0.4, -0.2) is 41.0 Å². The second-order valence-electron chi connectivity index (χ2n) is 4.72. The van der Waals surface area contributed by atoms with Crippen molar-refractivity contribution in [1.29, 1.82) is 0 Å². The largest absolute Gasteiger partial charge is 0.395 e. The highest BCUT2D eigenvalue weighted by Crippen LogP contribution is 2.24. The fraction of sp³-hybridized carbons (Fsp3) is 0.923. The molecule has 1 atom stereocenters. The third-order valence-corrected chi connectivity index (χ3v) is 3.69. The minimum Gasteiger partial charge on any atom is -0.395 e. The first kappa shape index (κ1) is 13.7. The summed E-state index contributed by atoms with van der Waals surface area (Å²) in [4.78, 5) is 13.9. The molecule has 0 aromatic heterocycles. The molecule has 3 nitrogen and oxygen atoms in total. The van der Waals surface area contributed by atoms with Gasteiger partial charge in [0.1, 0.15) is 5.78 Å². The second-order valence-corrected chi connectivity index (χ2v) is 4.72. The molecule has 1 N–H and O–H groups in total. The number of carbonyl (C=O) groups is 1. The summed E-state index contributed by atoms with van der Waals surface area (Å²) < 4.78 is 0. The van der Waals surface area contributed by atoms with Crippen LogP contribution in [0.5, 0.6) is 0 Å². The van der Waals surface area contributed by atoms with E-state index in [1.165, 1.54) is 0 Å². The summed E-state index contributed by atoms with van der Waals surface area (Å²) in [6.45, 7) is 5.28. The lowest BCUT2D eigenvalue weighted by molar-refractivity contribution is -0.122. The Labute approximate surface area is 98.8 Å². The fourth-order valence-electron chi connectivity index (χ4n) is 2.82. The Balaban J connectivity index is 2.63. The van der Waals surface area contributed by atoms with E-state index in [0.717, 1.165) is 32.1 Å². The van der Waals surface area contributed by atoms with Gasteiger partial charge in [-0.1, -0.05) is 13.8 Å². The average molecular weight is 227 g/mol. The number of hydrogen-bond acceptors (Lipinski definition) is 3. The number of Topliss-reactive ketones (excluding diaryl/α,β-unsaturated/α-hetero) is 1. The molecule has 0 spiro atoms. The van der Waals surface area contributed by atoms with Crippen LogP contribution in [0.1, 0.15) is 52.4 Å². The van der Waals surface area contributed by atoms with E-state index < -0.39 is 0 Å². The van der Waals surface area contributed by atoms with Gasteiger partial charge in [-0.3, -0.25) is 9.69 Å². The van der Waals surface area contributed by atoms with Crippen molar-refractivity contribution in [3.63, 3.8) is 0 Å². The van der Waals surface area contributed by atoms with Gasteiger partial charge in [0.2, 0.25) is 0 Å². The van der Waals surface area contributed by atoms with Crippen molar-refractivity contribution in [2.45, 2.75) is 64.5 Å². The van der Waals surface area contributed by atoms with Gasteiger partial charge in [0.05, 0.1) is 6.61 Å². The molecule has 0 aromatic carbocycles. The van der Waals surface area contributed by atoms with E-state index >= 15 is 0 Å². The first-order valence-electron chi connectivity index (χ1n) is 6.61. The summed E-state index contributed by atoms with van der Waals surface area (Å²) in [5, 5.41) is 9.15. The molecule has 16 heavy (non-hydrogen) atoms. The summed E-state index contributed by atoms with van der Waals surface area (Å²) in [6, 6.07) is 0.890. The van der Waals surface area contributed by atoms with Crippen molar-refractivity contribution in [2.24, 2.45) is 0 Å². The number of hydrogen-bond donors (Lipinski definition) is 1. The van der Waals surface area contributed by atoms with Gasteiger partial charge in [0.15, 0.2) is 0 Å². The molecule has 1 fully saturated rings. The van der Waals surface area contributed by atoms with Gasteiger partial charge in [0.25, 0.3) is 0 Å². The van der Waals surface area contributed by atoms with Crippen molar-refractivity contribution in [3.05, 3.63) is 0 Å². The normalized spacial score (nSPS) is 22.1. The van der Waals surface area contributed by atoms with E-state index in [1.54, 1.807) is 0 Å². The summed E-state index contributed by atoms with van der Waals surface area (Å²) in [6.07, 6.45) is 5.78. The molecular formula is C13H25NO2. The highest BCUT2D eigenvalue weighted by atomic mass is 16.3. The molecule has 1 aliphatic carbocycles. The lowest BCUT2D eigenvalue weighted by Crippen LogP contribution is -2.46. The lowest BCUT2D eigenvalue weighted by atomic mass is 9.91. The first-order chi connectivity index (χ1) is 7.72. The zero-order valence-corrected chi connectivity index (χ0v) is 10.6. The molecule has 0 aromatic rings. The number of aliphatic hydroxyl groups excluding tert-OH is 1.